The van der Waals surface area contributed by atoms with Crippen LogP contribution in [0.25, 0.3) is 0 Å². The van der Waals surface area contributed by atoms with Crippen LogP contribution in [0.5, 0.6) is 0 Å². The quantitative estimate of drug-likeness (QED) is 0.850. The van der Waals surface area contributed by atoms with Gasteiger partial charge in [0.2, 0.25) is 0 Å². The van der Waals surface area contributed by atoms with Crippen molar-refractivity contribution in [3.8, 4) is 0 Å². The topological polar surface area (TPSA) is 75.1 Å². The molecule has 1 rings (SSSR count). The van der Waals surface area contributed by atoms with Gasteiger partial charge in [0.15, 0.2) is 17.0 Å². The summed E-state index contributed by atoms with van der Waals surface area (Å²) in [4.78, 5) is 11.3. The number of carbonyl (C=O) groups is 1. The summed E-state index contributed by atoms with van der Waals surface area (Å²) in [7, 11) is 0. The maximum absolute atomic E-state index is 11.9. The molecule has 1 amide bonds. The van der Waals surface area contributed by atoms with Crippen molar-refractivity contribution in [3.63, 3.8) is 0 Å². The molecule has 2 N–H and O–H groups in total. The molecule has 0 aliphatic rings. The molecule has 0 fully saturated rings. The van der Waals surface area contributed by atoms with Crippen molar-refractivity contribution in [1.29, 1.82) is 0 Å². The molecule has 9 heteroatoms. The number of rotatable bonds is 3. The predicted molar refractivity (Wildman–Crippen MR) is 51.4 cm³/mol. The van der Waals surface area contributed by atoms with E-state index in [-0.39, 0.29) is 10.8 Å². The second kappa shape index (κ2) is 5.28. The molecule has 1 aromatic rings. The highest BCUT2D eigenvalue weighted by Gasteiger charge is 2.38. The van der Waals surface area contributed by atoms with E-state index in [2.05, 4.69) is 10.2 Å². The third kappa shape index (κ3) is 4.16. The highest BCUT2D eigenvalue weighted by molar-refractivity contribution is 6.29. The average Bonchev–Trinajstić information content (AvgIpc) is 2.25. The van der Waals surface area contributed by atoms with Gasteiger partial charge in [-0.2, -0.15) is 13.2 Å². The van der Waals surface area contributed by atoms with E-state index in [9.17, 15) is 18.0 Å². The SMILES string of the molecule is O=C(NCC(O)C(F)(F)F)c1ccc(Cl)nn1. The molecule has 1 aromatic heterocycles. The Morgan fingerprint density at radius 2 is 2.12 bits per heavy atom. The fourth-order valence-electron chi connectivity index (χ4n) is 0.833. The zero-order valence-electron chi connectivity index (χ0n) is 8.20. The van der Waals surface area contributed by atoms with Crippen LogP contribution in [0.3, 0.4) is 0 Å². The van der Waals surface area contributed by atoms with E-state index in [4.69, 9.17) is 16.7 Å². The van der Waals surface area contributed by atoms with E-state index < -0.39 is 24.7 Å². The van der Waals surface area contributed by atoms with Gasteiger partial charge in [-0.05, 0) is 12.1 Å². The van der Waals surface area contributed by atoms with Gasteiger partial charge in [0.1, 0.15) is 0 Å². The van der Waals surface area contributed by atoms with Crippen LogP contribution in [-0.2, 0) is 0 Å². The van der Waals surface area contributed by atoms with E-state index >= 15 is 0 Å². The number of aliphatic hydroxyl groups excluding tert-OH is 1. The van der Waals surface area contributed by atoms with Crippen molar-refractivity contribution in [1.82, 2.24) is 15.5 Å². The van der Waals surface area contributed by atoms with Crippen molar-refractivity contribution in [2.45, 2.75) is 12.3 Å². The monoisotopic (exact) mass is 269 g/mol. The Kier molecular flexibility index (Phi) is 4.24. The first-order valence-electron chi connectivity index (χ1n) is 4.33. The highest BCUT2D eigenvalue weighted by Crippen LogP contribution is 2.19. The highest BCUT2D eigenvalue weighted by atomic mass is 35.5. The van der Waals surface area contributed by atoms with Gasteiger partial charge in [-0.1, -0.05) is 11.6 Å². The Bertz CT molecular complexity index is 396. The first-order valence-corrected chi connectivity index (χ1v) is 4.70. The fraction of sp³-hybridized carbons (Fsp3) is 0.375. The minimum absolute atomic E-state index is 0.0527. The zero-order chi connectivity index (χ0) is 13.1. The number of aliphatic hydroxyl groups is 1. The lowest BCUT2D eigenvalue weighted by Gasteiger charge is -2.14. The maximum atomic E-state index is 11.9. The number of hydrogen-bond donors (Lipinski definition) is 2. The van der Waals surface area contributed by atoms with Gasteiger partial charge >= 0.3 is 6.18 Å². The summed E-state index contributed by atoms with van der Waals surface area (Å²) in [5, 5.41) is 17.3. The molecule has 0 aromatic carbocycles. The molecule has 0 bridgehead atoms. The Labute approximate surface area is 98.6 Å². The minimum Gasteiger partial charge on any atom is -0.382 e. The van der Waals surface area contributed by atoms with Gasteiger partial charge in [0.25, 0.3) is 5.91 Å². The van der Waals surface area contributed by atoms with Gasteiger partial charge in [0, 0.05) is 0 Å². The molecule has 17 heavy (non-hydrogen) atoms. The van der Waals surface area contributed by atoms with Crippen molar-refractivity contribution in [3.05, 3.63) is 23.0 Å². The van der Waals surface area contributed by atoms with Gasteiger partial charge in [0.05, 0.1) is 6.54 Å². The Morgan fingerprint density at radius 3 is 2.59 bits per heavy atom. The molecule has 0 saturated carbocycles. The Hall–Kier alpha value is -1.41. The first kappa shape index (κ1) is 13.7. The molecule has 5 nitrogen and oxygen atoms in total. The molecular weight excluding hydrogens is 263 g/mol. The van der Waals surface area contributed by atoms with Crippen molar-refractivity contribution in [2.75, 3.05) is 6.54 Å². The molecular formula is C8H7ClF3N3O2. The molecule has 0 aliphatic carbocycles. The van der Waals surface area contributed by atoms with E-state index in [0.29, 0.717) is 0 Å². The van der Waals surface area contributed by atoms with Crippen LogP contribution in [-0.4, -0.2) is 40.0 Å². The molecule has 0 saturated heterocycles. The number of amides is 1. The normalized spacial score (nSPS) is 13.2. The second-order valence-electron chi connectivity index (χ2n) is 3.01. The van der Waals surface area contributed by atoms with Crippen molar-refractivity contribution < 1.29 is 23.1 Å². The molecule has 94 valence electrons. The smallest absolute Gasteiger partial charge is 0.382 e. The van der Waals surface area contributed by atoms with E-state index in [1.807, 2.05) is 5.32 Å². The minimum atomic E-state index is -4.78. The molecule has 0 radical (unpaired) electrons. The molecule has 1 atom stereocenters. The van der Waals surface area contributed by atoms with E-state index in [0.717, 1.165) is 0 Å². The number of alkyl halides is 3. The van der Waals surface area contributed by atoms with Crippen molar-refractivity contribution in [2.24, 2.45) is 0 Å². The van der Waals surface area contributed by atoms with Crippen LogP contribution >= 0.6 is 11.6 Å². The largest absolute Gasteiger partial charge is 0.416 e. The fourth-order valence-corrected chi connectivity index (χ4v) is 0.934. The maximum Gasteiger partial charge on any atom is 0.416 e. The Morgan fingerprint density at radius 1 is 1.47 bits per heavy atom. The van der Waals surface area contributed by atoms with Crippen LogP contribution in [0.4, 0.5) is 13.2 Å². The zero-order valence-corrected chi connectivity index (χ0v) is 8.96. The molecule has 1 unspecified atom stereocenters. The number of hydrogen-bond acceptors (Lipinski definition) is 4. The number of aromatic nitrogens is 2. The summed E-state index contributed by atoms with van der Waals surface area (Å²) in [5.74, 6) is -0.877. The number of nitrogens with one attached hydrogen (secondary N) is 1. The molecule has 0 aliphatic heterocycles. The van der Waals surface area contributed by atoms with Crippen LogP contribution in [0.1, 0.15) is 10.5 Å². The van der Waals surface area contributed by atoms with Gasteiger partial charge in [-0.3, -0.25) is 4.79 Å². The predicted octanol–water partition coefficient (Wildman–Crippen LogP) is 0.783. The third-order valence-electron chi connectivity index (χ3n) is 1.70. The van der Waals surface area contributed by atoms with Crippen LogP contribution in [0, 0.1) is 0 Å². The lowest BCUT2D eigenvalue weighted by molar-refractivity contribution is -0.201. The van der Waals surface area contributed by atoms with Crippen LogP contribution in [0.15, 0.2) is 12.1 Å². The third-order valence-corrected chi connectivity index (χ3v) is 1.90. The molecule has 1 heterocycles. The Balaban J connectivity index is 2.53. The summed E-state index contributed by atoms with van der Waals surface area (Å²) < 4.78 is 35.7. The number of carbonyl (C=O) groups excluding carboxylic acids is 1. The number of halogens is 4. The first-order chi connectivity index (χ1) is 7.80. The number of nitrogens with zero attached hydrogens (tertiary/aromatic N) is 2. The van der Waals surface area contributed by atoms with Gasteiger partial charge in [-0.15, -0.1) is 10.2 Å². The van der Waals surface area contributed by atoms with E-state index in [1.165, 1.54) is 12.1 Å². The lowest BCUT2D eigenvalue weighted by Crippen LogP contribution is -2.40. The lowest BCUT2D eigenvalue weighted by atomic mass is 10.3. The summed E-state index contributed by atoms with van der Waals surface area (Å²) >= 11 is 5.41. The summed E-state index contributed by atoms with van der Waals surface area (Å²) in [6.45, 7) is -0.952. The van der Waals surface area contributed by atoms with Gasteiger partial charge in [-0.25, -0.2) is 0 Å². The van der Waals surface area contributed by atoms with Crippen LogP contribution < -0.4 is 5.32 Å². The standard InChI is InChI=1S/C8H7ClF3N3O2/c9-6-2-1-4(14-15-6)7(17)13-3-5(16)8(10,11)12/h1-2,5,16H,3H2,(H,13,17). The summed E-state index contributed by atoms with van der Waals surface area (Å²) in [6, 6.07) is 2.47. The van der Waals surface area contributed by atoms with Crippen molar-refractivity contribution >= 4 is 17.5 Å². The van der Waals surface area contributed by atoms with E-state index in [1.54, 1.807) is 0 Å². The second-order valence-corrected chi connectivity index (χ2v) is 3.40. The molecule has 0 spiro atoms. The van der Waals surface area contributed by atoms with Gasteiger partial charge < -0.3 is 10.4 Å². The average molecular weight is 270 g/mol. The summed E-state index contributed by atoms with van der Waals surface area (Å²) in [6.07, 6.45) is -7.40. The summed E-state index contributed by atoms with van der Waals surface area (Å²) in [5.41, 5.74) is -0.191. The van der Waals surface area contributed by atoms with Crippen LogP contribution in [0.2, 0.25) is 5.15 Å².